The van der Waals surface area contributed by atoms with E-state index in [0.29, 0.717) is 24.0 Å². The summed E-state index contributed by atoms with van der Waals surface area (Å²) in [4.78, 5) is 17.8. The predicted octanol–water partition coefficient (Wildman–Crippen LogP) is 0.838. The Balaban J connectivity index is 1.14. The molecule has 2 aliphatic heterocycles. The number of rotatable bonds is 2. The first-order chi connectivity index (χ1) is 13.3. The molecule has 1 aromatic carbocycles. The summed E-state index contributed by atoms with van der Waals surface area (Å²) in [5.74, 6) is 0.573. The van der Waals surface area contributed by atoms with Gasteiger partial charge in [-0.15, -0.1) is 0 Å². The number of piperazine rings is 1. The number of carbonyl (C=O) groups is 1. The second-order valence-corrected chi connectivity index (χ2v) is 8.66. The summed E-state index contributed by atoms with van der Waals surface area (Å²) in [7, 11) is 0. The maximum absolute atomic E-state index is 13.0. The number of hydrazine groups is 2. The molecule has 0 radical (unpaired) electrons. The van der Waals surface area contributed by atoms with Crippen molar-refractivity contribution < 1.29 is 4.79 Å². The molecule has 0 bridgehead atoms. The number of carbonyl (C=O) groups excluding carboxylic acids is 1. The lowest BCUT2D eigenvalue weighted by atomic mass is 9.82. The number of benzene rings is 1. The maximum Gasteiger partial charge on any atom is 0.225 e. The first kappa shape index (κ1) is 17.6. The van der Waals surface area contributed by atoms with Crippen LogP contribution < -0.4 is 16.4 Å². The molecule has 146 valence electrons. The minimum atomic E-state index is 0.188. The fraction of sp³-hybridized carbons (Fsp3) is 0.667. The molecule has 6 nitrogen and oxygen atoms in total. The second kappa shape index (κ2) is 7.51. The van der Waals surface area contributed by atoms with Crippen molar-refractivity contribution in [2.75, 3.05) is 26.2 Å². The van der Waals surface area contributed by atoms with E-state index in [-0.39, 0.29) is 5.92 Å². The topological polar surface area (TPSA) is 59.6 Å². The van der Waals surface area contributed by atoms with Crippen molar-refractivity contribution in [2.24, 2.45) is 5.92 Å². The van der Waals surface area contributed by atoms with Gasteiger partial charge in [0.1, 0.15) is 0 Å². The van der Waals surface area contributed by atoms with Gasteiger partial charge in [0.15, 0.2) is 0 Å². The molecule has 1 aromatic rings. The molecule has 4 aliphatic rings. The number of hydrogen-bond acceptors (Lipinski definition) is 5. The summed E-state index contributed by atoms with van der Waals surface area (Å²) in [6.45, 7) is 3.84. The lowest BCUT2D eigenvalue weighted by molar-refractivity contribution is -0.139. The molecule has 5 rings (SSSR count). The monoisotopic (exact) mass is 369 g/mol. The van der Waals surface area contributed by atoms with Crippen LogP contribution in [0.15, 0.2) is 24.3 Å². The molecule has 1 amide bonds. The maximum atomic E-state index is 13.0. The van der Waals surface area contributed by atoms with Crippen LogP contribution in [0.4, 0.5) is 0 Å². The van der Waals surface area contributed by atoms with Crippen molar-refractivity contribution in [1.82, 2.24) is 26.2 Å². The highest BCUT2D eigenvalue weighted by atomic mass is 16.2. The predicted molar refractivity (Wildman–Crippen MR) is 105 cm³/mol. The third-order valence-corrected chi connectivity index (χ3v) is 7.18. The lowest BCUT2D eigenvalue weighted by Crippen LogP contribution is -2.55. The van der Waals surface area contributed by atoms with Crippen LogP contribution in [0, 0.1) is 5.92 Å². The number of fused-ring (bicyclic) bond motifs is 2. The summed E-state index contributed by atoms with van der Waals surface area (Å²) < 4.78 is 0. The number of amides is 1. The zero-order chi connectivity index (χ0) is 18.2. The third kappa shape index (κ3) is 3.51. The number of nitrogens with zero attached hydrogens (tertiary/aromatic N) is 2. The van der Waals surface area contributed by atoms with Crippen LogP contribution in [0.25, 0.3) is 0 Å². The van der Waals surface area contributed by atoms with Gasteiger partial charge in [0.2, 0.25) is 5.91 Å². The largest absolute Gasteiger partial charge is 0.340 e. The Kier molecular flexibility index (Phi) is 4.90. The van der Waals surface area contributed by atoms with Gasteiger partial charge in [-0.3, -0.25) is 9.69 Å². The number of nitrogens with one attached hydrogen (secondary N) is 3. The minimum Gasteiger partial charge on any atom is -0.340 e. The van der Waals surface area contributed by atoms with Gasteiger partial charge in [0, 0.05) is 50.2 Å². The van der Waals surface area contributed by atoms with Crippen LogP contribution in [0.1, 0.15) is 36.8 Å². The summed E-state index contributed by atoms with van der Waals surface area (Å²) in [6.07, 6.45) is 6.64. The smallest absolute Gasteiger partial charge is 0.225 e. The van der Waals surface area contributed by atoms with Crippen molar-refractivity contribution in [3.8, 4) is 0 Å². The van der Waals surface area contributed by atoms with Gasteiger partial charge in [0.25, 0.3) is 0 Å². The summed E-state index contributed by atoms with van der Waals surface area (Å²) in [5, 5.41) is 0. The first-order valence-electron chi connectivity index (χ1n) is 10.6. The molecule has 1 saturated carbocycles. The molecule has 3 fully saturated rings. The van der Waals surface area contributed by atoms with Gasteiger partial charge in [-0.25, -0.2) is 10.9 Å². The van der Waals surface area contributed by atoms with Crippen LogP contribution in [-0.2, 0) is 17.6 Å². The molecule has 2 aliphatic carbocycles. The molecular formula is C21H31N5O. The van der Waals surface area contributed by atoms with Crippen LogP contribution in [0.5, 0.6) is 0 Å². The van der Waals surface area contributed by atoms with Gasteiger partial charge in [-0.1, -0.05) is 24.3 Å². The quantitative estimate of drug-likeness (QED) is 0.721. The SMILES string of the molecule is O=C(C1CCC2NNNC2C1)N1CCN(C2CCc3ccccc3C2)CC1. The van der Waals surface area contributed by atoms with Crippen molar-refractivity contribution >= 4 is 5.91 Å². The molecular weight excluding hydrogens is 338 g/mol. The molecule has 2 saturated heterocycles. The van der Waals surface area contributed by atoms with Crippen LogP contribution in [-0.4, -0.2) is 60.0 Å². The Morgan fingerprint density at radius 2 is 1.70 bits per heavy atom. The average Bonchev–Trinajstić information content (AvgIpc) is 3.21. The van der Waals surface area contributed by atoms with Gasteiger partial charge >= 0.3 is 0 Å². The van der Waals surface area contributed by atoms with E-state index < -0.39 is 0 Å². The summed E-state index contributed by atoms with van der Waals surface area (Å²) in [5.41, 5.74) is 12.6. The molecule has 2 heterocycles. The van der Waals surface area contributed by atoms with E-state index in [0.717, 1.165) is 45.4 Å². The molecule has 0 aromatic heterocycles. The standard InChI is InChI=1S/C21H31N5O/c27-21(17-6-8-19-20(14-17)23-24-22-19)26-11-9-25(10-12-26)18-7-5-15-3-1-2-4-16(15)13-18/h1-4,17-20,22-24H,5-14H2. The molecule has 4 unspecified atom stereocenters. The highest BCUT2D eigenvalue weighted by Gasteiger charge is 2.38. The summed E-state index contributed by atoms with van der Waals surface area (Å²) >= 11 is 0. The zero-order valence-electron chi connectivity index (χ0n) is 16.0. The lowest BCUT2D eigenvalue weighted by Gasteiger charge is -2.42. The van der Waals surface area contributed by atoms with Gasteiger partial charge in [-0.2, -0.15) is 5.53 Å². The fourth-order valence-corrected chi connectivity index (χ4v) is 5.51. The average molecular weight is 370 g/mol. The van der Waals surface area contributed by atoms with Crippen molar-refractivity contribution in [1.29, 1.82) is 0 Å². The molecule has 6 heteroatoms. The fourth-order valence-electron chi connectivity index (χ4n) is 5.51. The Bertz CT molecular complexity index is 687. The Morgan fingerprint density at radius 3 is 2.56 bits per heavy atom. The van der Waals surface area contributed by atoms with E-state index in [1.54, 1.807) is 0 Å². The minimum absolute atomic E-state index is 0.188. The first-order valence-corrected chi connectivity index (χ1v) is 10.6. The second-order valence-electron chi connectivity index (χ2n) is 8.66. The van der Waals surface area contributed by atoms with Gasteiger partial charge in [-0.05, 0) is 49.7 Å². The number of hydrogen-bond donors (Lipinski definition) is 3. The van der Waals surface area contributed by atoms with Crippen molar-refractivity contribution in [3.05, 3.63) is 35.4 Å². The van der Waals surface area contributed by atoms with Crippen LogP contribution >= 0.6 is 0 Å². The van der Waals surface area contributed by atoms with E-state index in [1.165, 1.54) is 30.4 Å². The third-order valence-electron chi connectivity index (χ3n) is 7.18. The Hall–Kier alpha value is -1.47. The van der Waals surface area contributed by atoms with E-state index >= 15 is 0 Å². The molecule has 27 heavy (non-hydrogen) atoms. The Labute approximate surface area is 161 Å². The van der Waals surface area contributed by atoms with Crippen LogP contribution in [0.3, 0.4) is 0 Å². The molecule has 4 atom stereocenters. The molecule has 0 spiro atoms. The van der Waals surface area contributed by atoms with E-state index in [1.807, 2.05) is 0 Å². The van der Waals surface area contributed by atoms with Gasteiger partial charge in [0.05, 0.1) is 0 Å². The zero-order valence-corrected chi connectivity index (χ0v) is 16.0. The van der Waals surface area contributed by atoms with E-state index in [4.69, 9.17) is 0 Å². The highest BCUT2D eigenvalue weighted by molar-refractivity contribution is 5.79. The Morgan fingerprint density at radius 1 is 0.926 bits per heavy atom. The normalized spacial score (nSPS) is 34.1. The number of aryl methyl sites for hydroxylation is 1. The van der Waals surface area contributed by atoms with Crippen LogP contribution in [0.2, 0.25) is 0 Å². The van der Waals surface area contributed by atoms with Crippen molar-refractivity contribution in [3.63, 3.8) is 0 Å². The van der Waals surface area contributed by atoms with Gasteiger partial charge < -0.3 is 4.90 Å². The molecule has 3 N–H and O–H groups in total. The summed E-state index contributed by atoms with van der Waals surface area (Å²) in [6, 6.07) is 10.4. The van der Waals surface area contributed by atoms with Crippen molar-refractivity contribution in [2.45, 2.75) is 56.7 Å². The highest BCUT2D eigenvalue weighted by Crippen LogP contribution is 2.29. The van der Waals surface area contributed by atoms with E-state index in [2.05, 4.69) is 50.5 Å². The van der Waals surface area contributed by atoms with E-state index in [9.17, 15) is 4.79 Å².